The van der Waals surface area contributed by atoms with Crippen molar-refractivity contribution in [1.29, 1.82) is 0 Å². The maximum absolute atomic E-state index is 12.3. The highest BCUT2D eigenvalue weighted by Gasteiger charge is 2.24. The highest BCUT2D eigenvalue weighted by molar-refractivity contribution is 6.35. The monoisotopic (exact) mass is 712 g/mol. The quantitative estimate of drug-likeness (QED) is 0.159. The van der Waals surface area contributed by atoms with Crippen molar-refractivity contribution in [2.75, 3.05) is 26.4 Å². The lowest BCUT2D eigenvalue weighted by atomic mass is 10.0. The molecule has 2 heterocycles. The summed E-state index contributed by atoms with van der Waals surface area (Å²) >= 11 is 24.1. The molecular formula is C32H36Cl4N4O6. The van der Waals surface area contributed by atoms with Gasteiger partial charge in [-0.1, -0.05) is 46.4 Å². The highest BCUT2D eigenvalue weighted by Crippen LogP contribution is 2.26. The van der Waals surface area contributed by atoms with E-state index < -0.39 is 11.9 Å². The van der Waals surface area contributed by atoms with Gasteiger partial charge in [0.15, 0.2) is 5.69 Å². The van der Waals surface area contributed by atoms with Crippen molar-refractivity contribution in [2.24, 2.45) is 0 Å². The molecule has 0 aliphatic heterocycles. The summed E-state index contributed by atoms with van der Waals surface area (Å²) in [6, 6.07) is 10.5. The first kappa shape index (κ1) is 37.3. The fourth-order valence-corrected chi connectivity index (χ4v) is 5.96. The molecule has 248 valence electrons. The van der Waals surface area contributed by atoms with Gasteiger partial charge in [0.25, 0.3) is 0 Å². The number of aliphatic hydroxyl groups is 2. The standard InChI is InChI=1S/2C16H18Cl2N2O3/c1-3-23-16(22)15-14(10(2)20(19-15)4-5-21)8-11-6-12(17)9-13(18)7-11;1-3-23-16(22)15-14(10(2)19-20(15)4-5-21)8-11-6-12(17)9-13(18)7-11/h2*6-7,9,21H,3-5,8H2,1-2H3. The Morgan fingerprint density at radius 3 is 1.63 bits per heavy atom. The van der Waals surface area contributed by atoms with Crippen molar-refractivity contribution < 1.29 is 29.3 Å². The Morgan fingerprint density at radius 1 is 0.696 bits per heavy atom. The molecule has 0 aliphatic carbocycles. The summed E-state index contributed by atoms with van der Waals surface area (Å²) in [7, 11) is 0. The predicted molar refractivity (Wildman–Crippen MR) is 179 cm³/mol. The number of carbonyl (C=O) groups excluding carboxylic acids is 2. The summed E-state index contributed by atoms with van der Waals surface area (Å²) in [4.78, 5) is 24.4. The van der Waals surface area contributed by atoms with Gasteiger partial charge < -0.3 is 19.7 Å². The molecule has 0 spiro atoms. The first-order valence-electron chi connectivity index (χ1n) is 14.5. The van der Waals surface area contributed by atoms with E-state index in [2.05, 4.69) is 10.2 Å². The van der Waals surface area contributed by atoms with Crippen LogP contribution in [0.1, 0.15) is 68.5 Å². The Bertz CT molecular complexity index is 1580. The fourth-order valence-electron chi connectivity index (χ4n) is 4.82. The molecular weight excluding hydrogens is 678 g/mol. The van der Waals surface area contributed by atoms with Crippen LogP contribution in [0.5, 0.6) is 0 Å². The zero-order chi connectivity index (χ0) is 34.0. The van der Waals surface area contributed by atoms with Crippen LogP contribution in [0.15, 0.2) is 36.4 Å². The number of halogens is 4. The van der Waals surface area contributed by atoms with E-state index >= 15 is 0 Å². The Kier molecular flexibility index (Phi) is 14.4. The molecule has 0 unspecified atom stereocenters. The molecule has 0 radical (unpaired) electrons. The minimum Gasteiger partial charge on any atom is -0.461 e. The highest BCUT2D eigenvalue weighted by atomic mass is 35.5. The van der Waals surface area contributed by atoms with Crippen LogP contribution in [0.3, 0.4) is 0 Å². The van der Waals surface area contributed by atoms with Gasteiger partial charge in [0.2, 0.25) is 0 Å². The second kappa shape index (κ2) is 17.7. The number of benzene rings is 2. The van der Waals surface area contributed by atoms with Gasteiger partial charge in [-0.05, 0) is 75.2 Å². The van der Waals surface area contributed by atoms with Crippen LogP contribution in [0, 0.1) is 13.8 Å². The Balaban J connectivity index is 0.000000250. The number of aromatic nitrogens is 4. The number of rotatable bonds is 12. The van der Waals surface area contributed by atoms with Gasteiger partial charge in [0.1, 0.15) is 5.69 Å². The van der Waals surface area contributed by atoms with Crippen molar-refractivity contribution in [3.8, 4) is 0 Å². The minimum absolute atomic E-state index is 0.0623. The van der Waals surface area contributed by atoms with Crippen molar-refractivity contribution in [3.05, 3.63) is 102 Å². The molecule has 10 nitrogen and oxygen atoms in total. The molecule has 0 atom stereocenters. The van der Waals surface area contributed by atoms with Crippen LogP contribution in [-0.4, -0.2) is 68.1 Å². The minimum atomic E-state index is -0.476. The van der Waals surface area contributed by atoms with Gasteiger partial charge in [-0.3, -0.25) is 9.36 Å². The van der Waals surface area contributed by atoms with E-state index in [1.807, 2.05) is 13.8 Å². The van der Waals surface area contributed by atoms with Crippen molar-refractivity contribution in [3.63, 3.8) is 0 Å². The molecule has 0 aliphatic rings. The lowest BCUT2D eigenvalue weighted by Gasteiger charge is -2.09. The predicted octanol–water partition coefficient (Wildman–Crippen LogP) is 6.52. The van der Waals surface area contributed by atoms with Crippen LogP contribution >= 0.6 is 46.4 Å². The molecule has 0 bridgehead atoms. The average molecular weight is 714 g/mol. The summed E-state index contributed by atoms with van der Waals surface area (Å²) in [5.41, 5.74) is 5.36. The second-order valence-electron chi connectivity index (χ2n) is 10.1. The van der Waals surface area contributed by atoms with E-state index in [9.17, 15) is 14.7 Å². The summed E-state index contributed by atoms with van der Waals surface area (Å²) in [5.74, 6) is -0.930. The molecule has 4 rings (SSSR count). The third-order valence-electron chi connectivity index (χ3n) is 6.75. The number of ether oxygens (including phenoxy) is 2. The second-order valence-corrected chi connectivity index (χ2v) is 11.8. The Hall–Kier alpha value is -3.12. The number of esters is 2. The molecule has 0 fully saturated rings. The van der Waals surface area contributed by atoms with Gasteiger partial charge in [0.05, 0.1) is 45.2 Å². The molecule has 46 heavy (non-hydrogen) atoms. The van der Waals surface area contributed by atoms with Gasteiger partial charge >= 0.3 is 11.9 Å². The van der Waals surface area contributed by atoms with Crippen molar-refractivity contribution >= 4 is 58.3 Å². The van der Waals surface area contributed by atoms with E-state index in [0.717, 1.165) is 27.9 Å². The number of nitrogens with zero attached hydrogens (tertiary/aromatic N) is 4. The molecule has 2 aromatic heterocycles. The number of aryl methyl sites for hydroxylation is 1. The third-order valence-corrected chi connectivity index (χ3v) is 7.62. The van der Waals surface area contributed by atoms with E-state index in [1.165, 1.54) is 4.68 Å². The number of carbonyl (C=O) groups is 2. The zero-order valence-electron chi connectivity index (χ0n) is 25.9. The molecule has 0 saturated carbocycles. The Labute approximate surface area is 287 Å². The van der Waals surface area contributed by atoms with Crippen LogP contribution in [0.25, 0.3) is 0 Å². The summed E-state index contributed by atoms with van der Waals surface area (Å²) < 4.78 is 13.3. The zero-order valence-corrected chi connectivity index (χ0v) is 29.0. The largest absolute Gasteiger partial charge is 0.461 e. The molecule has 0 saturated heterocycles. The molecule has 14 heteroatoms. The van der Waals surface area contributed by atoms with Gasteiger partial charge in [-0.25, -0.2) is 9.59 Å². The summed E-state index contributed by atoms with van der Waals surface area (Å²) in [6.45, 7) is 8.06. The van der Waals surface area contributed by atoms with Gasteiger partial charge in [-0.2, -0.15) is 10.2 Å². The van der Waals surface area contributed by atoms with Crippen molar-refractivity contribution in [1.82, 2.24) is 19.6 Å². The first-order chi connectivity index (χ1) is 21.9. The molecule has 2 aromatic carbocycles. The van der Waals surface area contributed by atoms with Crippen LogP contribution in [-0.2, 0) is 35.4 Å². The SMILES string of the molecule is CCOC(=O)c1c(Cc2cc(Cl)cc(Cl)c2)c(C)nn1CCO.CCOC(=O)c1nn(CCO)c(C)c1Cc1cc(Cl)cc(Cl)c1. The molecule has 0 amide bonds. The van der Waals surface area contributed by atoms with Crippen LogP contribution in [0.4, 0.5) is 0 Å². The summed E-state index contributed by atoms with van der Waals surface area (Å²) in [5, 5.41) is 29.0. The topological polar surface area (TPSA) is 129 Å². The summed E-state index contributed by atoms with van der Waals surface area (Å²) in [6.07, 6.45) is 0.900. The fraction of sp³-hybridized carbons (Fsp3) is 0.375. The smallest absolute Gasteiger partial charge is 0.359 e. The van der Waals surface area contributed by atoms with Crippen LogP contribution < -0.4 is 0 Å². The lowest BCUT2D eigenvalue weighted by Crippen LogP contribution is -2.16. The van der Waals surface area contributed by atoms with E-state index in [1.54, 1.807) is 54.9 Å². The lowest BCUT2D eigenvalue weighted by molar-refractivity contribution is 0.0502. The van der Waals surface area contributed by atoms with Gasteiger partial charge in [-0.15, -0.1) is 0 Å². The van der Waals surface area contributed by atoms with E-state index in [0.29, 0.717) is 50.9 Å². The average Bonchev–Trinajstić information content (AvgIpc) is 3.44. The Morgan fingerprint density at radius 2 is 1.15 bits per heavy atom. The molecule has 2 N–H and O–H groups in total. The maximum atomic E-state index is 12.3. The number of aliphatic hydroxyl groups excluding tert-OH is 2. The number of hydrogen-bond donors (Lipinski definition) is 2. The number of hydrogen-bond acceptors (Lipinski definition) is 8. The van der Waals surface area contributed by atoms with Crippen molar-refractivity contribution in [2.45, 2.75) is 53.6 Å². The first-order valence-corrected chi connectivity index (χ1v) is 16.0. The van der Waals surface area contributed by atoms with Gasteiger partial charge in [0, 0.05) is 49.8 Å². The molecule has 4 aromatic rings. The van der Waals surface area contributed by atoms with E-state index in [-0.39, 0.29) is 38.7 Å². The maximum Gasteiger partial charge on any atom is 0.359 e. The van der Waals surface area contributed by atoms with E-state index in [4.69, 9.17) is 61.0 Å². The third kappa shape index (κ3) is 9.94. The normalized spacial score (nSPS) is 10.8. The van der Waals surface area contributed by atoms with Crippen LogP contribution in [0.2, 0.25) is 20.1 Å².